The predicted molar refractivity (Wildman–Crippen MR) is 75.7 cm³/mol. The van der Waals surface area contributed by atoms with E-state index in [-0.39, 0.29) is 11.0 Å². The highest BCUT2D eigenvalue weighted by molar-refractivity contribution is 5.99. The molecule has 0 aliphatic heterocycles. The molecule has 0 aromatic heterocycles. The van der Waals surface area contributed by atoms with Gasteiger partial charge in [-0.05, 0) is 12.5 Å². The number of rotatable bonds is 9. The standard InChI is InChI=1S/C15H25NO4/c1-5-6-7-8-9-10-13(17)15(20,11-14(18)19)12-16(2,3)4/h7-10,20H,5-6,11-12H2,1-4H3. The van der Waals surface area contributed by atoms with Gasteiger partial charge in [-0.3, -0.25) is 4.79 Å². The van der Waals surface area contributed by atoms with Crippen LogP contribution in [0.15, 0.2) is 24.3 Å². The number of carboxylic acid groups (broad SMARTS) is 1. The number of carbonyl (C=O) groups is 2. The Bertz CT molecular complexity index is 393. The van der Waals surface area contributed by atoms with Gasteiger partial charge in [0.15, 0.2) is 11.4 Å². The van der Waals surface area contributed by atoms with Crippen molar-refractivity contribution < 1.29 is 24.3 Å². The van der Waals surface area contributed by atoms with Crippen LogP contribution < -0.4 is 5.11 Å². The normalized spacial score (nSPS) is 15.7. The molecule has 0 aromatic carbocycles. The van der Waals surface area contributed by atoms with Crippen LogP contribution in [0.4, 0.5) is 0 Å². The molecule has 0 saturated carbocycles. The number of ketones is 1. The summed E-state index contributed by atoms with van der Waals surface area (Å²) in [6, 6.07) is 0. The second kappa shape index (κ2) is 7.97. The molecule has 114 valence electrons. The number of hydrogen-bond donors (Lipinski definition) is 1. The third-order valence-corrected chi connectivity index (χ3v) is 2.58. The number of aliphatic carboxylic acids is 1. The van der Waals surface area contributed by atoms with Gasteiger partial charge < -0.3 is 19.5 Å². The van der Waals surface area contributed by atoms with E-state index in [0.29, 0.717) is 0 Å². The minimum Gasteiger partial charge on any atom is -0.550 e. The second-order valence-electron chi connectivity index (χ2n) is 5.97. The minimum atomic E-state index is -1.94. The van der Waals surface area contributed by atoms with Gasteiger partial charge in [-0.1, -0.05) is 31.6 Å². The molecule has 20 heavy (non-hydrogen) atoms. The fourth-order valence-electron chi connectivity index (χ4n) is 1.88. The van der Waals surface area contributed by atoms with Gasteiger partial charge in [0, 0.05) is 12.4 Å². The zero-order valence-electron chi connectivity index (χ0n) is 12.8. The topological polar surface area (TPSA) is 77.4 Å². The van der Waals surface area contributed by atoms with E-state index in [1.165, 1.54) is 12.2 Å². The Kier molecular flexibility index (Phi) is 7.39. The molecule has 0 spiro atoms. The Morgan fingerprint density at radius 2 is 1.85 bits per heavy atom. The maximum Gasteiger partial charge on any atom is 0.193 e. The van der Waals surface area contributed by atoms with Crippen LogP contribution in [0.1, 0.15) is 26.2 Å². The van der Waals surface area contributed by atoms with E-state index in [4.69, 9.17) is 0 Å². The van der Waals surface area contributed by atoms with Crippen LogP contribution in [-0.4, -0.2) is 54.6 Å². The van der Waals surface area contributed by atoms with Crippen molar-refractivity contribution in [3.63, 3.8) is 0 Å². The highest BCUT2D eigenvalue weighted by atomic mass is 16.4. The summed E-state index contributed by atoms with van der Waals surface area (Å²) in [6.45, 7) is 2.04. The molecule has 0 heterocycles. The van der Waals surface area contributed by atoms with Crippen LogP contribution in [0.25, 0.3) is 0 Å². The second-order valence-corrected chi connectivity index (χ2v) is 5.97. The number of carbonyl (C=O) groups excluding carboxylic acids is 2. The quantitative estimate of drug-likeness (QED) is 0.368. The average molecular weight is 283 g/mol. The van der Waals surface area contributed by atoms with Gasteiger partial charge in [-0.2, -0.15) is 0 Å². The van der Waals surface area contributed by atoms with Crippen LogP contribution in [0.5, 0.6) is 0 Å². The highest BCUT2D eigenvalue weighted by Crippen LogP contribution is 2.16. The number of unbranched alkanes of at least 4 members (excludes halogenated alkanes) is 1. The van der Waals surface area contributed by atoms with E-state index in [2.05, 4.69) is 0 Å². The zero-order chi connectivity index (χ0) is 15.8. The van der Waals surface area contributed by atoms with Crippen molar-refractivity contribution in [3.05, 3.63) is 24.3 Å². The fraction of sp³-hybridized carbons (Fsp3) is 0.600. The van der Waals surface area contributed by atoms with Gasteiger partial charge in [-0.25, -0.2) is 0 Å². The van der Waals surface area contributed by atoms with E-state index in [1.807, 2.05) is 13.0 Å². The van der Waals surface area contributed by atoms with Gasteiger partial charge in [0.05, 0.1) is 21.1 Å². The van der Waals surface area contributed by atoms with Gasteiger partial charge >= 0.3 is 0 Å². The van der Waals surface area contributed by atoms with Gasteiger partial charge in [0.1, 0.15) is 6.54 Å². The molecule has 1 atom stereocenters. The summed E-state index contributed by atoms with van der Waals surface area (Å²) >= 11 is 0. The molecule has 0 bridgehead atoms. The molecule has 5 nitrogen and oxygen atoms in total. The third-order valence-electron chi connectivity index (χ3n) is 2.58. The van der Waals surface area contributed by atoms with Crippen molar-refractivity contribution in [3.8, 4) is 0 Å². The van der Waals surface area contributed by atoms with Crippen molar-refractivity contribution in [1.82, 2.24) is 0 Å². The molecule has 0 rings (SSSR count). The summed E-state index contributed by atoms with van der Waals surface area (Å²) in [5, 5.41) is 21.1. The molecular weight excluding hydrogens is 258 g/mol. The van der Waals surface area contributed by atoms with E-state index in [9.17, 15) is 19.8 Å². The van der Waals surface area contributed by atoms with Crippen LogP contribution >= 0.6 is 0 Å². The van der Waals surface area contributed by atoms with Crippen molar-refractivity contribution in [2.75, 3.05) is 27.7 Å². The molecule has 0 fully saturated rings. The SMILES string of the molecule is CCCC=CC=CC(=O)C(O)(CC(=O)[O-])C[N+](C)(C)C. The summed E-state index contributed by atoms with van der Waals surface area (Å²) in [7, 11) is 5.33. The van der Waals surface area contributed by atoms with E-state index >= 15 is 0 Å². The Labute approximate surface area is 120 Å². The molecule has 1 unspecified atom stereocenters. The first kappa shape index (κ1) is 18.5. The van der Waals surface area contributed by atoms with Crippen LogP contribution in [0.2, 0.25) is 0 Å². The van der Waals surface area contributed by atoms with Crippen molar-refractivity contribution in [2.45, 2.75) is 31.8 Å². The number of allylic oxidation sites excluding steroid dienone is 3. The number of nitrogens with zero attached hydrogens (tertiary/aromatic N) is 1. The first-order valence-corrected chi connectivity index (χ1v) is 6.71. The molecule has 1 N–H and O–H groups in total. The average Bonchev–Trinajstić information content (AvgIpc) is 2.24. The number of aliphatic hydroxyl groups is 1. The molecule has 0 aromatic rings. The van der Waals surface area contributed by atoms with E-state index in [0.717, 1.165) is 12.8 Å². The summed E-state index contributed by atoms with van der Waals surface area (Å²) in [6.07, 6.45) is 7.56. The monoisotopic (exact) mass is 283 g/mol. The summed E-state index contributed by atoms with van der Waals surface area (Å²) in [5.41, 5.74) is -1.94. The third kappa shape index (κ3) is 7.86. The van der Waals surface area contributed by atoms with E-state index < -0.39 is 23.8 Å². The lowest BCUT2D eigenvalue weighted by molar-refractivity contribution is -0.875. The molecule has 0 aliphatic rings. The molecule has 5 heteroatoms. The number of likely N-dealkylation sites (N-methyl/N-ethyl adjacent to an activating group) is 1. The molecule has 0 aliphatic carbocycles. The lowest BCUT2D eigenvalue weighted by Crippen LogP contribution is -2.55. The zero-order valence-corrected chi connectivity index (χ0v) is 12.8. The van der Waals surface area contributed by atoms with Crippen molar-refractivity contribution >= 4 is 11.8 Å². The molecule has 0 saturated heterocycles. The summed E-state index contributed by atoms with van der Waals surface area (Å²) in [4.78, 5) is 22.8. The number of quaternary nitrogens is 1. The summed E-state index contributed by atoms with van der Waals surface area (Å²) in [5.74, 6) is -2.06. The maximum atomic E-state index is 12.0. The lowest BCUT2D eigenvalue weighted by Gasteiger charge is -2.34. The van der Waals surface area contributed by atoms with Gasteiger partial charge in [0.25, 0.3) is 0 Å². The van der Waals surface area contributed by atoms with Gasteiger partial charge in [0.2, 0.25) is 0 Å². The Hall–Kier alpha value is -1.46. The van der Waals surface area contributed by atoms with Crippen LogP contribution in [-0.2, 0) is 9.59 Å². The summed E-state index contributed by atoms with van der Waals surface area (Å²) < 4.78 is 0.273. The van der Waals surface area contributed by atoms with Crippen molar-refractivity contribution in [1.29, 1.82) is 0 Å². The Morgan fingerprint density at radius 3 is 2.30 bits per heavy atom. The van der Waals surface area contributed by atoms with E-state index in [1.54, 1.807) is 27.2 Å². The Morgan fingerprint density at radius 1 is 1.25 bits per heavy atom. The largest absolute Gasteiger partial charge is 0.550 e. The first-order valence-electron chi connectivity index (χ1n) is 6.71. The fourth-order valence-corrected chi connectivity index (χ4v) is 1.88. The van der Waals surface area contributed by atoms with Crippen LogP contribution in [0, 0.1) is 0 Å². The highest BCUT2D eigenvalue weighted by Gasteiger charge is 2.39. The Balaban J connectivity index is 4.94. The van der Waals surface area contributed by atoms with Crippen LogP contribution in [0.3, 0.4) is 0 Å². The lowest BCUT2D eigenvalue weighted by atomic mass is 9.92. The molecule has 0 radical (unpaired) electrons. The predicted octanol–water partition coefficient (Wildman–Crippen LogP) is 0.0453. The number of hydrogen-bond acceptors (Lipinski definition) is 4. The number of carboxylic acids is 1. The minimum absolute atomic E-state index is 0.00281. The van der Waals surface area contributed by atoms with Gasteiger partial charge in [-0.15, -0.1) is 0 Å². The first-order chi connectivity index (χ1) is 9.10. The smallest absolute Gasteiger partial charge is 0.193 e. The maximum absolute atomic E-state index is 12.0. The van der Waals surface area contributed by atoms with Crippen molar-refractivity contribution in [2.24, 2.45) is 0 Å². The molecular formula is C15H25NO4. The molecule has 0 amide bonds.